The van der Waals surface area contributed by atoms with Crippen LogP contribution in [0.25, 0.3) is 0 Å². The number of aromatic nitrogens is 1. The quantitative estimate of drug-likeness (QED) is 0.382. The van der Waals surface area contributed by atoms with Crippen molar-refractivity contribution < 1.29 is 9.53 Å². The van der Waals surface area contributed by atoms with Gasteiger partial charge in [-0.15, -0.1) is 0 Å². The Bertz CT molecular complexity index is 846. The highest BCUT2D eigenvalue weighted by Crippen LogP contribution is 2.52. The summed E-state index contributed by atoms with van der Waals surface area (Å²) in [7, 11) is -1.15. The number of carbonyl (C=O) groups is 1. The van der Waals surface area contributed by atoms with Gasteiger partial charge in [0.15, 0.2) is 0 Å². The molecule has 144 valence electrons. The minimum atomic E-state index is -1.15. The van der Waals surface area contributed by atoms with Gasteiger partial charge >= 0.3 is 0 Å². The van der Waals surface area contributed by atoms with E-state index < -0.39 is 13.5 Å². The van der Waals surface area contributed by atoms with Crippen molar-refractivity contribution in [1.29, 1.82) is 0 Å². The number of halogens is 1. The molecular formula is C20H26IN3O2Si. The summed E-state index contributed by atoms with van der Waals surface area (Å²) in [5.41, 5.74) is 2.99. The first-order chi connectivity index (χ1) is 12.8. The molecule has 1 aromatic heterocycles. The predicted octanol–water partition coefficient (Wildman–Crippen LogP) is 3.95. The summed E-state index contributed by atoms with van der Waals surface area (Å²) in [6.07, 6.45) is 5.47. The number of hydrogen-bond acceptors (Lipinski definition) is 4. The second-order valence-corrected chi connectivity index (χ2v) is 15.8. The van der Waals surface area contributed by atoms with E-state index in [4.69, 9.17) is 4.74 Å². The molecule has 5 nitrogen and oxygen atoms in total. The van der Waals surface area contributed by atoms with E-state index in [-0.39, 0.29) is 5.91 Å². The molecule has 1 amide bonds. The number of allylic oxidation sites excluding steroid dienone is 3. The van der Waals surface area contributed by atoms with E-state index in [1.807, 2.05) is 6.07 Å². The number of hydrogen-bond donors (Lipinski definition) is 1. The second kappa shape index (κ2) is 7.00. The summed E-state index contributed by atoms with van der Waals surface area (Å²) in [5, 5.41) is 3.50. The third-order valence-electron chi connectivity index (χ3n) is 5.59. The van der Waals surface area contributed by atoms with Crippen molar-refractivity contribution in [3.8, 4) is 0 Å². The van der Waals surface area contributed by atoms with Crippen LogP contribution in [-0.4, -0.2) is 38.8 Å². The summed E-state index contributed by atoms with van der Waals surface area (Å²) in [6, 6.07) is 5.10. The monoisotopic (exact) mass is 495 g/mol. The fourth-order valence-corrected chi connectivity index (χ4v) is 5.43. The van der Waals surface area contributed by atoms with E-state index >= 15 is 0 Å². The summed E-state index contributed by atoms with van der Waals surface area (Å²) >= 11 is 2.36. The zero-order chi connectivity index (χ0) is 19.2. The number of nitrogens with zero attached hydrogens (tertiary/aromatic N) is 2. The van der Waals surface area contributed by atoms with Gasteiger partial charge in [0.25, 0.3) is 0 Å². The predicted molar refractivity (Wildman–Crippen MR) is 119 cm³/mol. The average Bonchev–Trinajstić information content (AvgIpc) is 3.09. The summed E-state index contributed by atoms with van der Waals surface area (Å²) in [5.74, 6) is 0.901. The van der Waals surface area contributed by atoms with Crippen molar-refractivity contribution in [2.24, 2.45) is 0 Å². The van der Waals surface area contributed by atoms with Gasteiger partial charge in [0.05, 0.1) is 5.41 Å². The zero-order valence-electron chi connectivity index (χ0n) is 16.1. The first-order valence-corrected chi connectivity index (χ1v) is 14.3. The third kappa shape index (κ3) is 3.49. The highest BCUT2D eigenvalue weighted by molar-refractivity contribution is 14.1. The van der Waals surface area contributed by atoms with Gasteiger partial charge in [0.1, 0.15) is 12.5 Å². The number of anilines is 1. The molecule has 7 heteroatoms. The molecule has 1 aliphatic carbocycles. The lowest BCUT2D eigenvalue weighted by Crippen LogP contribution is -2.40. The maximum atomic E-state index is 13.5. The normalized spacial score (nSPS) is 24.2. The number of amides is 1. The lowest BCUT2D eigenvalue weighted by atomic mass is 9.79. The van der Waals surface area contributed by atoms with Gasteiger partial charge in [-0.3, -0.25) is 9.69 Å². The summed E-state index contributed by atoms with van der Waals surface area (Å²) in [4.78, 5) is 19.8. The van der Waals surface area contributed by atoms with Crippen LogP contribution in [0.5, 0.6) is 0 Å². The van der Waals surface area contributed by atoms with Crippen LogP contribution in [0.3, 0.4) is 0 Å². The van der Waals surface area contributed by atoms with Gasteiger partial charge in [0.2, 0.25) is 5.91 Å². The molecule has 0 saturated heterocycles. The highest BCUT2D eigenvalue weighted by Gasteiger charge is 2.55. The Morgan fingerprint density at radius 2 is 2.19 bits per heavy atom. The Kier molecular flexibility index (Phi) is 4.96. The Labute approximate surface area is 175 Å². The number of pyridine rings is 1. The van der Waals surface area contributed by atoms with E-state index in [0.29, 0.717) is 13.3 Å². The van der Waals surface area contributed by atoms with Crippen molar-refractivity contribution >= 4 is 42.4 Å². The van der Waals surface area contributed by atoms with Crippen molar-refractivity contribution in [1.82, 2.24) is 10.3 Å². The Morgan fingerprint density at radius 3 is 2.96 bits per heavy atom. The Hall–Kier alpha value is -1.19. The van der Waals surface area contributed by atoms with Crippen molar-refractivity contribution in [2.45, 2.75) is 43.9 Å². The Morgan fingerprint density at radius 1 is 1.37 bits per heavy atom. The summed E-state index contributed by atoms with van der Waals surface area (Å²) in [6.45, 7) is 8.85. The minimum absolute atomic E-state index is 0.129. The molecule has 1 spiro atoms. The molecular weight excluding hydrogens is 469 g/mol. The van der Waals surface area contributed by atoms with Gasteiger partial charge in [-0.2, -0.15) is 0 Å². The Balaban J connectivity index is 1.56. The number of nitrogens with one attached hydrogen (secondary N) is 1. The fraction of sp³-hybridized carbons (Fsp3) is 0.500. The maximum absolute atomic E-state index is 13.5. The molecule has 2 aliphatic heterocycles. The van der Waals surface area contributed by atoms with Gasteiger partial charge in [-0.25, -0.2) is 4.98 Å². The number of carbonyl (C=O) groups excluding carboxylic acids is 1. The molecule has 0 unspecified atom stereocenters. The van der Waals surface area contributed by atoms with Gasteiger partial charge < -0.3 is 10.1 Å². The first-order valence-electron chi connectivity index (χ1n) is 9.47. The van der Waals surface area contributed by atoms with Gasteiger partial charge in [-0.1, -0.05) is 25.7 Å². The molecule has 3 heterocycles. The molecule has 4 rings (SSSR count). The molecule has 27 heavy (non-hydrogen) atoms. The van der Waals surface area contributed by atoms with Gasteiger partial charge in [0, 0.05) is 48.7 Å². The molecule has 1 aromatic rings. The number of dihydropyridines is 1. The van der Waals surface area contributed by atoms with Crippen molar-refractivity contribution in [3.63, 3.8) is 0 Å². The van der Waals surface area contributed by atoms with Crippen LogP contribution in [-0.2, 0) is 14.9 Å². The molecule has 0 radical (unpaired) electrons. The van der Waals surface area contributed by atoms with E-state index in [1.54, 1.807) is 11.1 Å². The van der Waals surface area contributed by atoms with Crippen LogP contribution < -0.4 is 10.2 Å². The van der Waals surface area contributed by atoms with Crippen molar-refractivity contribution in [2.75, 3.05) is 24.8 Å². The lowest BCUT2D eigenvalue weighted by Gasteiger charge is -2.24. The minimum Gasteiger partial charge on any atom is -0.384 e. The zero-order valence-corrected chi connectivity index (χ0v) is 19.3. The number of ether oxygens (including phenoxy) is 1. The molecule has 1 atom stereocenters. The van der Waals surface area contributed by atoms with Crippen LogP contribution in [0.1, 0.15) is 18.4 Å². The summed E-state index contributed by atoms with van der Waals surface area (Å²) < 4.78 is 7.20. The number of rotatable bonds is 5. The first kappa shape index (κ1) is 19.1. The SMILES string of the molecule is C[Si](C)(C)CCOCN1C(=O)[C@]2(CC3=C(C2)NCC(I)=C3)c2cccnc21. The molecule has 0 saturated carbocycles. The standard InChI is InChI=1S/C20H26IN3O2Si/c1-27(2,3)8-7-26-13-24-18-16(5-4-6-22-18)20(19(24)25)10-14-9-15(21)12-23-17(14)11-20/h4-6,9,23H,7-8,10-13H2,1-3H3/t20-/m0/s1. The van der Waals surface area contributed by atoms with Crippen molar-refractivity contribution in [3.05, 3.63) is 44.8 Å². The fourth-order valence-electron chi connectivity index (χ4n) is 4.11. The smallest absolute Gasteiger partial charge is 0.241 e. The molecule has 1 N–H and O–H groups in total. The largest absolute Gasteiger partial charge is 0.384 e. The van der Waals surface area contributed by atoms with Crippen LogP contribution in [0, 0.1) is 0 Å². The topological polar surface area (TPSA) is 54.5 Å². The number of fused-ring (bicyclic) bond motifs is 2. The van der Waals surface area contributed by atoms with E-state index in [0.717, 1.165) is 36.8 Å². The molecule has 0 fully saturated rings. The van der Waals surface area contributed by atoms with Crippen LogP contribution >= 0.6 is 22.6 Å². The molecule has 0 bridgehead atoms. The second-order valence-electron chi connectivity index (χ2n) is 8.84. The average molecular weight is 495 g/mol. The van der Waals surface area contributed by atoms with E-state index in [2.05, 4.69) is 64.7 Å². The van der Waals surface area contributed by atoms with Crippen LogP contribution in [0.4, 0.5) is 5.82 Å². The van der Waals surface area contributed by atoms with Gasteiger partial charge in [-0.05, 0) is 52.8 Å². The third-order valence-corrected chi connectivity index (χ3v) is 7.99. The van der Waals surface area contributed by atoms with E-state index in [9.17, 15) is 4.79 Å². The van der Waals surface area contributed by atoms with Crippen LogP contribution in [0.15, 0.2) is 39.3 Å². The maximum Gasteiger partial charge on any atom is 0.241 e. The molecule has 3 aliphatic rings. The van der Waals surface area contributed by atoms with E-state index in [1.165, 1.54) is 14.8 Å². The molecule has 0 aromatic carbocycles. The highest BCUT2D eigenvalue weighted by atomic mass is 127. The van der Waals surface area contributed by atoms with Crippen LogP contribution in [0.2, 0.25) is 25.7 Å². The lowest BCUT2D eigenvalue weighted by molar-refractivity contribution is -0.124.